The van der Waals surface area contributed by atoms with Crippen LogP contribution in [-0.4, -0.2) is 73.7 Å². The predicted molar refractivity (Wildman–Crippen MR) is 106 cm³/mol. The van der Waals surface area contributed by atoms with Crippen molar-refractivity contribution in [3.63, 3.8) is 0 Å². The lowest BCUT2D eigenvalue weighted by Crippen LogP contribution is -2.62. The Balaban J connectivity index is 2.02. The molecule has 1 aliphatic heterocycles. The normalized spacial score (nSPS) is 24.5. The number of aliphatic imine (C=N–C) groups is 1. The van der Waals surface area contributed by atoms with Crippen LogP contribution in [0.25, 0.3) is 0 Å². The van der Waals surface area contributed by atoms with E-state index >= 15 is 0 Å². The molecule has 1 aromatic rings. The quantitative estimate of drug-likeness (QED) is 0.488. The van der Waals surface area contributed by atoms with Crippen LogP contribution in [0.4, 0.5) is 0 Å². The van der Waals surface area contributed by atoms with E-state index in [1.54, 1.807) is 26.4 Å². The van der Waals surface area contributed by atoms with Crippen LogP contribution in [0.15, 0.2) is 34.2 Å². The van der Waals surface area contributed by atoms with Crippen LogP contribution < -0.4 is 16.0 Å². The number of sulfone groups is 1. The van der Waals surface area contributed by atoms with Crippen molar-refractivity contribution >= 4 is 16.6 Å². The molecule has 27 heavy (non-hydrogen) atoms. The summed E-state index contributed by atoms with van der Waals surface area (Å²) < 4.78 is 34.0. The third kappa shape index (κ3) is 6.34. The van der Waals surface area contributed by atoms with E-state index in [2.05, 4.69) is 27.7 Å². The van der Waals surface area contributed by atoms with Gasteiger partial charge in [-0.2, -0.15) is 0 Å². The summed E-state index contributed by atoms with van der Waals surface area (Å²) in [5.41, 5.74) is 0.950. The Hall–Kier alpha value is -1.36. The van der Waals surface area contributed by atoms with Crippen molar-refractivity contribution in [1.82, 2.24) is 16.0 Å². The number of rotatable bonds is 10. The van der Waals surface area contributed by atoms with E-state index in [9.17, 15) is 8.42 Å². The van der Waals surface area contributed by atoms with Crippen LogP contribution in [0.1, 0.15) is 18.0 Å². The van der Waals surface area contributed by atoms with Gasteiger partial charge in [0.25, 0.3) is 0 Å². The van der Waals surface area contributed by atoms with Crippen LogP contribution >= 0.6 is 0 Å². The Labute approximate surface area is 161 Å². The van der Waals surface area contributed by atoms with Crippen LogP contribution in [0.2, 0.25) is 0 Å². The first kappa shape index (κ1) is 21.9. The average molecular weight is 399 g/mol. The molecule has 0 bridgehead atoms. The monoisotopic (exact) mass is 398 g/mol. The van der Waals surface area contributed by atoms with Gasteiger partial charge in [0.15, 0.2) is 9.84 Å². The first-order valence-corrected chi connectivity index (χ1v) is 10.8. The van der Waals surface area contributed by atoms with Gasteiger partial charge in [0.1, 0.15) is 6.23 Å². The molecule has 4 unspecified atom stereocenters. The van der Waals surface area contributed by atoms with Gasteiger partial charge in [-0.15, -0.1) is 0 Å². The highest BCUT2D eigenvalue weighted by molar-refractivity contribution is 7.90. The van der Waals surface area contributed by atoms with Crippen LogP contribution in [-0.2, 0) is 19.3 Å². The Kier molecular flexibility index (Phi) is 8.33. The Bertz CT molecular complexity index is 696. The molecular formula is C18H30N4O4S. The van der Waals surface area contributed by atoms with Gasteiger partial charge in [0.2, 0.25) is 0 Å². The fourth-order valence-corrected chi connectivity index (χ4v) is 3.68. The number of hydrogen-bond donors (Lipinski definition) is 3. The summed E-state index contributed by atoms with van der Waals surface area (Å²) in [7, 11) is 0.102. The first-order valence-electron chi connectivity index (χ1n) is 8.89. The molecular weight excluding hydrogens is 368 g/mol. The van der Waals surface area contributed by atoms with Gasteiger partial charge in [-0.05, 0) is 30.8 Å². The molecule has 1 saturated heterocycles. The topological polar surface area (TPSA) is 101 Å². The zero-order valence-electron chi connectivity index (χ0n) is 16.1. The van der Waals surface area contributed by atoms with Crippen molar-refractivity contribution < 1.29 is 17.9 Å². The summed E-state index contributed by atoms with van der Waals surface area (Å²) in [4.78, 5) is 4.43. The number of nitrogens with zero attached hydrogens (tertiary/aromatic N) is 1. The van der Waals surface area contributed by atoms with Crippen LogP contribution in [0.5, 0.6) is 0 Å². The van der Waals surface area contributed by atoms with E-state index < -0.39 is 9.84 Å². The second-order valence-corrected chi connectivity index (χ2v) is 8.64. The number of piperazine rings is 1. The van der Waals surface area contributed by atoms with Crippen molar-refractivity contribution in [3.8, 4) is 0 Å². The number of hydrogen-bond acceptors (Lipinski definition) is 8. The van der Waals surface area contributed by atoms with Crippen molar-refractivity contribution in [3.05, 3.63) is 29.8 Å². The van der Waals surface area contributed by atoms with Gasteiger partial charge >= 0.3 is 0 Å². The standard InChI is InChI=1S/C18H30N4O4S/c1-19-14(9-10-25-2)11-20-16-12-21-18(26-3)17(22-16)13-5-7-15(8-6-13)27(4,23)24/h5-8,14,16-18,20-22H,1,9-12H2,2-4H3. The third-order valence-electron chi connectivity index (χ3n) is 4.64. The minimum Gasteiger partial charge on any atom is -0.385 e. The molecule has 0 aliphatic carbocycles. The predicted octanol–water partition coefficient (Wildman–Crippen LogP) is 0.318. The van der Waals surface area contributed by atoms with Gasteiger partial charge < -0.3 is 9.47 Å². The summed E-state index contributed by atoms with van der Waals surface area (Å²) in [6.07, 6.45) is 1.81. The van der Waals surface area contributed by atoms with Crippen molar-refractivity contribution in [1.29, 1.82) is 0 Å². The molecule has 4 atom stereocenters. The summed E-state index contributed by atoms with van der Waals surface area (Å²) >= 11 is 0. The summed E-state index contributed by atoms with van der Waals surface area (Å²) in [5, 5.41) is 10.3. The molecule has 152 valence electrons. The molecule has 1 aromatic carbocycles. The van der Waals surface area contributed by atoms with Crippen molar-refractivity contribution in [2.45, 2.75) is 35.8 Å². The summed E-state index contributed by atoms with van der Waals surface area (Å²) in [6.45, 7) is 5.65. The summed E-state index contributed by atoms with van der Waals surface area (Å²) in [6, 6.07) is 6.84. The van der Waals surface area contributed by atoms with Gasteiger partial charge in [-0.25, -0.2) is 8.42 Å². The lowest BCUT2D eigenvalue weighted by Gasteiger charge is -2.38. The van der Waals surface area contributed by atoms with Crippen molar-refractivity contribution in [2.24, 2.45) is 4.99 Å². The van der Waals surface area contributed by atoms with Gasteiger partial charge in [-0.1, -0.05) is 12.1 Å². The molecule has 9 heteroatoms. The molecule has 0 saturated carbocycles. The van der Waals surface area contributed by atoms with E-state index in [1.165, 1.54) is 6.26 Å². The largest absolute Gasteiger partial charge is 0.385 e. The second kappa shape index (κ2) is 10.3. The lowest BCUT2D eigenvalue weighted by atomic mass is 10.0. The SMILES string of the molecule is C=NC(CCOC)CNC1CNC(OC)C(c2ccc(S(C)(=O)=O)cc2)N1. The fraction of sp³-hybridized carbons (Fsp3) is 0.611. The zero-order valence-corrected chi connectivity index (χ0v) is 17.0. The van der Waals surface area contributed by atoms with Crippen molar-refractivity contribution in [2.75, 3.05) is 40.2 Å². The molecule has 0 spiro atoms. The van der Waals surface area contributed by atoms with Crippen LogP contribution in [0, 0.1) is 0 Å². The Morgan fingerprint density at radius 2 is 2.04 bits per heavy atom. The highest BCUT2D eigenvalue weighted by Gasteiger charge is 2.30. The maximum Gasteiger partial charge on any atom is 0.175 e. The molecule has 0 aromatic heterocycles. The molecule has 8 nitrogen and oxygen atoms in total. The fourth-order valence-electron chi connectivity index (χ4n) is 3.05. The minimum absolute atomic E-state index is 0.0165. The number of ether oxygens (including phenoxy) is 2. The second-order valence-electron chi connectivity index (χ2n) is 6.63. The molecule has 1 aliphatic rings. The molecule has 1 heterocycles. The molecule has 2 rings (SSSR count). The Morgan fingerprint density at radius 3 is 2.59 bits per heavy atom. The van der Waals surface area contributed by atoms with E-state index in [0.717, 1.165) is 12.0 Å². The summed E-state index contributed by atoms with van der Waals surface area (Å²) in [5.74, 6) is 0. The number of nitrogens with one attached hydrogen (secondary N) is 3. The molecule has 3 N–H and O–H groups in total. The van der Waals surface area contributed by atoms with Gasteiger partial charge in [-0.3, -0.25) is 20.9 Å². The highest BCUT2D eigenvalue weighted by Crippen LogP contribution is 2.22. The smallest absolute Gasteiger partial charge is 0.175 e. The van der Waals surface area contributed by atoms with E-state index in [0.29, 0.717) is 24.6 Å². The maximum absolute atomic E-state index is 11.7. The average Bonchev–Trinajstić information content (AvgIpc) is 2.67. The lowest BCUT2D eigenvalue weighted by molar-refractivity contribution is 0.0120. The van der Waals surface area contributed by atoms with E-state index in [-0.39, 0.29) is 24.5 Å². The Morgan fingerprint density at radius 1 is 1.33 bits per heavy atom. The van der Waals surface area contributed by atoms with Gasteiger partial charge in [0, 0.05) is 40.2 Å². The van der Waals surface area contributed by atoms with Crippen LogP contribution in [0.3, 0.4) is 0 Å². The zero-order chi connectivity index (χ0) is 19.9. The first-order chi connectivity index (χ1) is 12.9. The number of benzene rings is 1. The van der Waals surface area contributed by atoms with E-state index in [1.807, 2.05) is 12.1 Å². The third-order valence-corrected chi connectivity index (χ3v) is 5.77. The van der Waals surface area contributed by atoms with Gasteiger partial charge in [0.05, 0.1) is 23.1 Å². The maximum atomic E-state index is 11.7. The number of methoxy groups -OCH3 is 2. The highest BCUT2D eigenvalue weighted by atomic mass is 32.2. The molecule has 0 amide bonds. The molecule has 0 radical (unpaired) electrons. The minimum atomic E-state index is -3.22. The molecule has 1 fully saturated rings. The van der Waals surface area contributed by atoms with E-state index in [4.69, 9.17) is 9.47 Å².